The fourth-order valence-electron chi connectivity index (χ4n) is 4.82. The number of carbonyl (C=O) groups excluding carboxylic acids is 3. The Kier molecular flexibility index (Phi) is 5.42. The maximum Gasteiger partial charge on any atom is 0.287 e. The minimum absolute atomic E-state index is 0.00711. The van der Waals surface area contributed by atoms with Crippen LogP contribution in [-0.2, 0) is 14.3 Å². The molecule has 29 heavy (non-hydrogen) atoms. The molecule has 9 heteroatoms. The van der Waals surface area contributed by atoms with Crippen LogP contribution < -0.4 is 5.32 Å². The summed E-state index contributed by atoms with van der Waals surface area (Å²) >= 11 is 5.74. The van der Waals surface area contributed by atoms with Gasteiger partial charge >= 0.3 is 0 Å². The summed E-state index contributed by atoms with van der Waals surface area (Å²) in [4.78, 5) is 39.4. The molecule has 4 rings (SSSR count). The number of amides is 2. The van der Waals surface area contributed by atoms with Gasteiger partial charge in [0.15, 0.2) is 16.8 Å². The molecule has 3 aliphatic rings. The zero-order valence-electron chi connectivity index (χ0n) is 16.2. The number of nitrogens with zero attached hydrogens (tertiary/aromatic N) is 1. The lowest BCUT2D eigenvalue weighted by molar-refractivity contribution is -0.138. The van der Waals surface area contributed by atoms with Crippen molar-refractivity contribution in [3.8, 4) is 0 Å². The van der Waals surface area contributed by atoms with Crippen LogP contribution in [0.2, 0.25) is 5.22 Å². The second-order valence-corrected chi connectivity index (χ2v) is 8.92. The van der Waals surface area contributed by atoms with Gasteiger partial charge < -0.3 is 19.4 Å². The summed E-state index contributed by atoms with van der Waals surface area (Å²) in [5.41, 5.74) is -0.112. The first-order valence-electron chi connectivity index (χ1n) is 9.92. The average molecular weight is 427 g/mol. The molecule has 0 aromatic carbocycles. The molecule has 3 fully saturated rings. The number of halogens is 2. The van der Waals surface area contributed by atoms with Crippen molar-refractivity contribution in [2.45, 2.75) is 63.4 Å². The Bertz CT molecular complexity index is 822. The van der Waals surface area contributed by atoms with Gasteiger partial charge in [-0.1, -0.05) is 19.8 Å². The van der Waals surface area contributed by atoms with Crippen molar-refractivity contribution in [1.82, 2.24) is 10.2 Å². The van der Waals surface area contributed by atoms with Gasteiger partial charge in [0.25, 0.3) is 5.91 Å². The molecule has 1 N–H and O–H groups in total. The third-order valence-electron chi connectivity index (χ3n) is 6.31. The average Bonchev–Trinajstić information content (AvgIpc) is 3.43. The number of nitrogens with one attached hydrogen (secondary N) is 1. The number of hydrogen-bond acceptors (Lipinski definition) is 5. The molecule has 158 valence electrons. The standard InChI is InChI=1S/C20H24ClFN2O5/c1-20(6-2-3-7-20)8-12(23-18(26)14-4-5-15(21)29-14)19(27)24-9-11(22)17-16(24)13(25)10-28-17/h4-5,11-12,16-17H,2-3,6-10H2,1H3,(H,23,26)/t11-,12-,16+,17+/m0/s1. The number of ketones is 1. The number of ether oxygens (including phenoxy) is 1. The number of furan rings is 1. The summed E-state index contributed by atoms with van der Waals surface area (Å²) in [7, 11) is 0. The van der Waals surface area contributed by atoms with Gasteiger partial charge in [0.2, 0.25) is 5.91 Å². The van der Waals surface area contributed by atoms with E-state index in [9.17, 15) is 18.8 Å². The van der Waals surface area contributed by atoms with Crippen LogP contribution in [0, 0.1) is 5.41 Å². The van der Waals surface area contributed by atoms with Crippen molar-refractivity contribution < 1.29 is 27.9 Å². The lowest BCUT2D eigenvalue weighted by Gasteiger charge is -2.32. The molecule has 1 aromatic heterocycles. The third-order valence-corrected chi connectivity index (χ3v) is 6.52. The molecule has 3 heterocycles. The summed E-state index contributed by atoms with van der Waals surface area (Å²) in [5.74, 6) is -1.35. The van der Waals surface area contributed by atoms with Gasteiger partial charge in [-0.3, -0.25) is 14.4 Å². The topological polar surface area (TPSA) is 88.8 Å². The minimum atomic E-state index is -1.42. The first-order chi connectivity index (χ1) is 13.8. The Hall–Kier alpha value is -1.93. The van der Waals surface area contributed by atoms with Crippen molar-refractivity contribution >= 4 is 29.2 Å². The zero-order valence-corrected chi connectivity index (χ0v) is 16.9. The van der Waals surface area contributed by atoms with E-state index in [0.29, 0.717) is 6.42 Å². The number of Topliss-reactive ketones (excluding diaryl/α,β-unsaturated/α-hetero) is 1. The predicted octanol–water partition coefficient (Wildman–Crippen LogP) is 2.52. The van der Waals surface area contributed by atoms with Crippen LogP contribution in [0.5, 0.6) is 0 Å². The molecule has 1 aliphatic carbocycles. The molecule has 2 aliphatic heterocycles. The van der Waals surface area contributed by atoms with Crippen LogP contribution in [0.3, 0.4) is 0 Å². The summed E-state index contributed by atoms with van der Waals surface area (Å²) in [6.07, 6.45) is 2.08. The minimum Gasteiger partial charge on any atom is -0.440 e. The summed E-state index contributed by atoms with van der Waals surface area (Å²) in [5, 5.41) is 2.79. The molecule has 7 nitrogen and oxygen atoms in total. The molecular weight excluding hydrogens is 403 g/mol. The van der Waals surface area contributed by atoms with Gasteiger partial charge in [-0.15, -0.1) is 0 Å². The van der Waals surface area contributed by atoms with Gasteiger partial charge in [-0.05, 0) is 48.4 Å². The van der Waals surface area contributed by atoms with Crippen LogP contribution in [0.15, 0.2) is 16.5 Å². The van der Waals surface area contributed by atoms with Crippen LogP contribution in [0.25, 0.3) is 0 Å². The van der Waals surface area contributed by atoms with E-state index in [2.05, 4.69) is 12.2 Å². The highest BCUT2D eigenvalue weighted by Crippen LogP contribution is 2.42. The Balaban J connectivity index is 1.56. The Morgan fingerprint density at radius 1 is 1.38 bits per heavy atom. The van der Waals surface area contributed by atoms with Crippen LogP contribution in [0.4, 0.5) is 4.39 Å². The highest BCUT2D eigenvalue weighted by atomic mass is 35.5. The van der Waals surface area contributed by atoms with Gasteiger partial charge in [0.05, 0.1) is 6.54 Å². The van der Waals surface area contributed by atoms with E-state index in [0.717, 1.165) is 25.7 Å². The number of rotatable bonds is 5. The lowest BCUT2D eigenvalue weighted by Crippen LogP contribution is -2.53. The van der Waals surface area contributed by atoms with Crippen molar-refractivity contribution in [1.29, 1.82) is 0 Å². The first kappa shape index (κ1) is 20.3. The van der Waals surface area contributed by atoms with Crippen LogP contribution in [-0.4, -0.2) is 60.0 Å². The quantitative estimate of drug-likeness (QED) is 0.781. The third kappa shape index (κ3) is 3.92. The van der Waals surface area contributed by atoms with E-state index >= 15 is 0 Å². The maximum absolute atomic E-state index is 14.3. The smallest absolute Gasteiger partial charge is 0.287 e. The van der Waals surface area contributed by atoms with E-state index in [4.69, 9.17) is 20.8 Å². The molecule has 1 aromatic rings. The highest BCUT2D eigenvalue weighted by molar-refractivity contribution is 6.29. The van der Waals surface area contributed by atoms with Crippen molar-refractivity contribution in [2.75, 3.05) is 13.2 Å². The Morgan fingerprint density at radius 2 is 2.10 bits per heavy atom. The molecular formula is C20H24ClFN2O5. The fraction of sp³-hybridized carbons (Fsp3) is 0.650. The van der Waals surface area contributed by atoms with Gasteiger partial charge in [0.1, 0.15) is 31.0 Å². The van der Waals surface area contributed by atoms with E-state index in [-0.39, 0.29) is 35.3 Å². The molecule has 2 amide bonds. The normalized spacial score (nSPS) is 29.1. The van der Waals surface area contributed by atoms with Crippen molar-refractivity contribution in [2.24, 2.45) is 5.41 Å². The van der Waals surface area contributed by atoms with Crippen LogP contribution >= 0.6 is 11.6 Å². The first-order valence-corrected chi connectivity index (χ1v) is 10.3. The second-order valence-electron chi connectivity index (χ2n) is 8.55. The zero-order chi connectivity index (χ0) is 20.8. The monoisotopic (exact) mass is 426 g/mol. The van der Waals surface area contributed by atoms with E-state index < -0.39 is 36.2 Å². The van der Waals surface area contributed by atoms with E-state index in [1.165, 1.54) is 17.0 Å². The van der Waals surface area contributed by atoms with Crippen molar-refractivity contribution in [3.05, 3.63) is 23.1 Å². The largest absolute Gasteiger partial charge is 0.440 e. The Labute approximate surface area is 172 Å². The number of alkyl halides is 1. The molecule has 0 bridgehead atoms. The van der Waals surface area contributed by atoms with E-state index in [1.807, 2.05) is 0 Å². The van der Waals surface area contributed by atoms with Crippen molar-refractivity contribution in [3.63, 3.8) is 0 Å². The Morgan fingerprint density at radius 3 is 2.76 bits per heavy atom. The van der Waals surface area contributed by atoms with Gasteiger partial charge in [-0.2, -0.15) is 0 Å². The summed E-state index contributed by atoms with van der Waals surface area (Å²) in [6.45, 7) is 1.68. The number of hydrogen-bond donors (Lipinski definition) is 1. The van der Waals surface area contributed by atoms with Gasteiger partial charge in [0, 0.05) is 0 Å². The summed E-state index contributed by atoms with van der Waals surface area (Å²) < 4.78 is 24.7. The van der Waals surface area contributed by atoms with Gasteiger partial charge in [-0.25, -0.2) is 4.39 Å². The molecule has 2 saturated heterocycles. The fourth-order valence-corrected chi connectivity index (χ4v) is 4.96. The van der Waals surface area contributed by atoms with E-state index in [1.54, 1.807) is 0 Å². The summed E-state index contributed by atoms with van der Waals surface area (Å²) in [6, 6.07) is 1.05. The molecule has 0 radical (unpaired) electrons. The maximum atomic E-state index is 14.3. The second kappa shape index (κ2) is 7.72. The van der Waals surface area contributed by atoms with Crippen LogP contribution in [0.1, 0.15) is 49.6 Å². The highest BCUT2D eigenvalue weighted by Gasteiger charge is 2.54. The SMILES string of the molecule is CC1(C[C@H](NC(=O)c2ccc(Cl)o2)C(=O)N2C[C@H](F)[C@H]3OCC(=O)[C@H]32)CCCC1. The molecule has 4 atom stereocenters. The number of fused-ring (bicyclic) bond motifs is 1. The predicted molar refractivity (Wildman–Crippen MR) is 101 cm³/mol. The lowest BCUT2D eigenvalue weighted by atomic mass is 9.81. The molecule has 0 spiro atoms. The molecule has 1 saturated carbocycles. The number of carbonyl (C=O) groups is 3. The molecule has 0 unspecified atom stereocenters. The number of likely N-dealkylation sites (tertiary alicyclic amines) is 1.